The number of imidazole rings is 1. The number of nitrogens with zero attached hydrogens (tertiary/aromatic N) is 7. The molecule has 5 rings (SSSR count). The molecule has 0 bridgehead atoms. The van der Waals surface area contributed by atoms with Gasteiger partial charge in [-0.15, -0.1) is 5.10 Å². The number of tetrazole rings is 1. The molecule has 0 aliphatic carbocycles. The largest absolute Gasteiger partial charge is 0.328 e. The lowest BCUT2D eigenvalue weighted by atomic mass is 10.2. The minimum Gasteiger partial charge on any atom is -0.328 e. The number of thioether (sulfide) groups is 1. The van der Waals surface area contributed by atoms with Crippen molar-refractivity contribution in [3.05, 3.63) is 54.4 Å². The fraction of sp³-hybridized carbons (Fsp3) is 0.364. The first-order valence-corrected chi connectivity index (χ1v) is 13.5. The summed E-state index contributed by atoms with van der Waals surface area (Å²) in [5.74, 6) is 1.41. The van der Waals surface area contributed by atoms with Crippen LogP contribution in [-0.4, -0.2) is 55.6 Å². The Morgan fingerprint density at radius 3 is 2.58 bits per heavy atom. The molecule has 4 aromatic rings. The Morgan fingerprint density at radius 1 is 1.03 bits per heavy atom. The summed E-state index contributed by atoms with van der Waals surface area (Å²) in [5.41, 5.74) is 2.50. The van der Waals surface area contributed by atoms with Crippen LogP contribution in [0.3, 0.4) is 0 Å². The highest BCUT2D eigenvalue weighted by Gasteiger charge is 2.26. The monoisotopic (exact) mass is 483 g/mol. The molecule has 33 heavy (non-hydrogen) atoms. The van der Waals surface area contributed by atoms with Gasteiger partial charge in [0.05, 0.1) is 27.4 Å². The zero-order chi connectivity index (χ0) is 22.8. The van der Waals surface area contributed by atoms with Crippen LogP contribution in [0.2, 0.25) is 0 Å². The summed E-state index contributed by atoms with van der Waals surface area (Å²) in [5, 5.41) is 12.8. The van der Waals surface area contributed by atoms with E-state index in [1.807, 2.05) is 36.4 Å². The molecular weight excluding hydrogens is 458 g/mol. The highest BCUT2D eigenvalue weighted by molar-refractivity contribution is 7.98. The Kier molecular flexibility index (Phi) is 6.17. The molecule has 0 atom stereocenters. The summed E-state index contributed by atoms with van der Waals surface area (Å²) >= 11 is 1.50. The first-order chi connectivity index (χ1) is 16.1. The molecule has 172 valence electrons. The van der Waals surface area contributed by atoms with E-state index in [-0.39, 0.29) is 0 Å². The van der Waals surface area contributed by atoms with Crippen molar-refractivity contribution in [2.45, 2.75) is 48.5 Å². The quantitative estimate of drug-likeness (QED) is 0.371. The SMILES string of the molecule is CCn1c(CSc2nnnn2-c2ccccc2)nc2cc(S(=O)(=O)N3CCCCC3)ccc21. The van der Waals surface area contributed by atoms with Crippen molar-refractivity contribution in [3.8, 4) is 5.69 Å². The molecule has 0 amide bonds. The second-order valence-corrected chi connectivity index (χ2v) is 10.8. The van der Waals surface area contributed by atoms with Crippen molar-refractivity contribution in [1.29, 1.82) is 0 Å². The number of fused-ring (bicyclic) bond motifs is 1. The molecule has 0 spiro atoms. The molecule has 0 radical (unpaired) electrons. The van der Waals surface area contributed by atoms with E-state index in [1.54, 1.807) is 21.1 Å². The number of aromatic nitrogens is 6. The van der Waals surface area contributed by atoms with Gasteiger partial charge in [0.15, 0.2) is 0 Å². The van der Waals surface area contributed by atoms with E-state index in [2.05, 4.69) is 27.0 Å². The summed E-state index contributed by atoms with van der Waals surface area (Å²) in [7, 11) is -3.50. The van der Waals surface area contributed by atoms with Gasteiger partial charge in [0.2, 0.25) is 15.2 Å². The number of rotatable bonds is 7. The number of sulfonamides is 1. The van der Waals surface area contributed by atoms with E-state index in [0.29, 0.717) is 34.4 Å². The Labute approximate surface area is 196 Å². The fourth-order valence-corrected chi connectivity index (χ4v) is 6.54. The molecule has 0 unspecified atom stereocenters. The molecule has 3 heterocycles. The minimum absolute atomic E-state index is 0.310. The van der Waals surface area contributed by atoms with Crippen LogP contribution in [0.4, 0.5) is 0 Å². The Balaban J connectivity index is 1.42. The lowest BCUT2D eigenvalue weighted by Gasteiger charge is -2.25. The van der Waals surface area contributed by atoms with Crippen LogP contribution in [0.5, 0.6) is 0 Å². The summed E-state index contributed by atoms with van der Waals surface area (Å²) in [6.07, 6.45) is 2.91. The summed E-state index contributed by atoms with van der Waals surface area (Å²) in [6, 6.07) is 15.0. The average molecular weight is 484 g/mol. The van der Waals surface area contributed by atoms with Gasteiger partial charge in [-0.25, -0.2) is 13.4 Å². The Bertz CT molecular complexity index is 1360. The smallest absolute Gasteiger partial charge is 0.243 e. The van der Waals surface area contributed by atoms with Gasteiger partial charge in [-0.1, -0.05) is 36.4 Å². The first kappa shape index (κ1) is 22.1. The van der Waals surface area contributed by atoms with Crippen LogP contribution in [0.1, 0.15) is 32.0 Å². The summed E-state index contributed by atoms with van der Waals surface area (Å²) in [4.78, 5) is 5.10. The van der Waals surface area contributed by atoms with Crippen molar-refractivity contribution >= 4 is 32.8 Å². The van der Waals surface area contributed by atoms with Gasteiger partial charge in [-0.2, -0.15) is 8.99 Å². The zero-order valence-corrected chi connectivity index (χ0v) is 20.0. The summed E-state index contributed by atoms with van der Waals surface area (Å²) in [6.45, 7) is 3.96. The van der Waals surface area contributed by atoms with Gasteiger partial charge in [0.1, 0.15) is 5.82 Å². The zero-order valence-electron chi connectivity index (χ0n) is 18.3. The predicted molar refractivity (Wildman–Crippen MR) is 127 cm³/mol. The number of benzene rings is 2. The van der Waals surface area contributed by atoms with Crippen molar-refractivity contribution in [2.75, 3.05) is 13.1 Å². The van der Waals surface area contributed by atoms with Gasteiger partial charge in [-0.05, 0) is 60.5 Å². The van der Waals surface area contributed by atoms with Crippen molar-refractivity contribution in [2.24, 2.45) is 0 Å². The van der Waals surface area contributed by atoms with Crippen LogP contribution >= 0.6 is 11.8 Å². The molecule has 0 N–H and O–H groups in total. The highest BCUT2D eigenvalue weighted by atomic mass is 32.2. The molecule has 1 fully saturated rings. The van der Waals surface area contributed by atoms with E-state index in [4.69, 9.17) is 4.98 Å². The van der Waals surface area contributed by atoms with E-state index in [9.17, 15) is 8.42 Å². The molecule has 1 aliphatic heterocycles. The van der Waals surface area contributed by atoms with Crippen LogP contribution in [-0.2, 0) is 22.3 Å². The van der Waals surface area contributed by atoms with Crippen molar-refractivity contribution < 1.29 is 8.42 Å². The van der Waals surface area contributed by atoms with Gasteiger partial charge in [-0.3, -0.25) is 0 Å². The molecule has 2 aromatic heterocycles. The second-order valence-electron chi connectivity index (χ2n) is 7.89. The molecule has 2 aromatic carbocycles. The lowest BCUT2D eigenvalue weighted by Crippen LogP contribution is -2.35. The van der Waals surface area contributed by atoms with Gasteiger partial charge in [0.25, 0.3) is 0 Å². The lowest BCUT2D eigenvalue weighted by molar-refractivity contribution is 0.346. The van der Waals surface area contributed by atoms with Gasteiger partial charge < -0.3 is 4.57 Å². The minimum atomic E-state index is -3.50. The number of aryl methyl sites for hydroxylation is 1. The van der Waals surface area contributed by atoms with Gasteiger partial charge in [0, 0.05) is 19.6 Å². The maximum Gasteiger partial charge on any atom is 0.243 e. The van der Waals surface area contributed by atoms with Crippen molar-refractivity contribution in [1.82, 2.24) is 34.1 Å². The standard InChI is InChI=1S/C22H25N7O2S2/c1-2-28-20-12-11-18(33(30,31)27-13-7-4-8-14-27)15-19(20)23-21(28)16-32-22-24-25-26-29(22)17-9-5-3-6-10-17/h3,5-6,9-12,15H,2,4,7-8,13-14,16H2,1H3. The number of hydrogen-bond acceptors (Lipinski definition) is 7. The van der Waals surface area contributed by atoms with E-state index in [0.717, 1.165) is 42.8 Å². The first-order valence-electron chi connectivity index (χ1n) is 11.0. The normalized spacial score (nSPS) is 15.3. The van der Waals surface area contributed by atoms with E-state index < -0.39 is 10.0 Å². The second kappa shape index (κ2) is 9.24. The molecule has 9 nitrogen and oxygen atoms in total. The van der Waals surface area contributed by atoms with Crippen LogP contribution in [0, 0.1) is 0 Å². The number of piperidine rings is 1. The molecule has 1 aliphatic rings. The molecular formula is C22H25N7O2S2. The maximum atomic E-state index is 13.1. The fourth-order valence-electron chi connectivity index (χ4n) is 4.17. The third-order valence-electron chi connectivity index (χ3n) is 5.84. The number of hydrogen-bond donors (Lipinski definition) is 0. The van der Waals surface area contributed by atoms with Crippen LogP contribution in [0.15, 0.2) is 58.6 Å². The van der Waals surface area contributed by atoms with E-state index >= 15 is 0 Å². The maximum absolute atomic E-state index is 13.1. The topological polar surface area (TPSA) is 98.8 Å². The predicted octanol–water partition coefficient (Wildman–Crippen LogP) is 3.50. The molecule has 0 saturated carbocycles. The van der Waals surface area contributed by atoms with Crippen LogP contribution < -0.4 is 0 Å². The summed E-state index contributed by atoms with van der Waals surface area (Å²) < 4.78 is 31.6. The van der Waals surface area contributed by atoms with Crippen molar-refractivity contribution in [3.63, 3.8) is 0 Å². The molecule has 1 saturated heterocycles. The highest BCUT2D eigenvalue weighted by Crippen LogP contribution is 2.28. The third kappa shape index (κ3) is 4.28. The Hall–Kier alpha value is -2.76. The number of para-hydroxylation sites is 1. The third-order valence-corrected chi connectivity index (χ3v) is 8.65. The van der Waals surface area contributed by atoms with E-state index in [1.165, 1.54) is 11.8 Å². The molecule has 11 heteroatoms. The Morgan fingerprint density at radius 2 is 1.82 bits per heavy atom. The van der Waals surface area contributed by atoms with Gasteiger partial charge >= 0.3 is 0 Å². The average Bonchev–Trinajstić information content (AvgIpc) is 3.47. The van der Waals surface area contributed by atoms with Crippen LogP contribution in [0.25, 0.3) is 16.7 Å².